The molecule has 0 radical (unpaired) electrons. The molecule has 2 fully saturated rings. The van der Waals surface area contributed by atoms with E-state index in [1.807, 2.05) is 25.1 Å². The minimum atomic E-state index is -3.71. The summed E-state index contributed by atoms with van der Waals surface area (Å²) >= 11 is 0. The molecule has 0 bridgehead atoms. The van der Waals surface area contributed by atoms with Crippen molar-refractivity contribution in [1.29, 1.82) is 0 Å². The summed E-state index contributed by atoms with van der Waals surface area (Å²) in [6, 6.07) is 16.4. The van der Waals surface area contributed by atoms with Gasteiger partial charge in [0.05, 0.1) is 23.6 Å². The molecule has 0 spiro atoms. The van der Waals surface area contributed by atoms with E-state index in [4.69, 9.17) is 4.74 Å². The Balaban J connectivity index is 1.42. The Labute approximate surface area is 189 Å². The fourth-order valence-electron chi connectivity index (χ4n) is 4.51. The van der Waals surface area contributed by atoms with E-state index in [0.29, 0.717) is 13.1 Å². The van der Waals surface area contributed by atoms with Gasteiger partial charge in [0.2, 0.25) is 10.0 Å². The minimum Gasteiger partial charge on any atom is -0.394 e. The van der Waals surface area contributed by atoms with Crippen LogP contribution in [0.2, 0.25) is 0 Å². The Hall–Kier alpha value is -2.01. The van der Waals surface area contributed by atoms with E-state index in [2.05, 4.69) is 26.7 Å². The molecule has 0 saturated carbocycles. The summed E-state index contributed by atoms with van der Waals surface area (Å²) < 4.78 is 33.9. The molecular formula is C23H31N3O5S. The van der Waals surface area contributed by atoms with E-state index < -0.39 is 34.4 Å². The van der Waals surface area contributed by atoms with Crippen LogP contribution in [0.3, 0.4) is 0 Å². The molecule has 0 aliphatic carbocycles. The molecule has 0 aromatic heterocycles. The maximum Gasteiger partial charge on any atom is 0.240 e. The number of nitrogens with one attached hydrogen (secondary N) is 1. The van der Waals surface area contributed by atoms with Crippen LogP contribution in [0, 0.1) is 6.92 Å². The van der Waals surface area contributed by atoms with Crippen molar-refractivity contribution in [3.05, 3.63) is 60.2 Å². The molecule has 174 valence electrons. The number of sulfonamides is 1. The fraction of sp³-hybridized carbons (Fsp3) is 0.478. The van der Waals surface area contributed by atoms with Gasteiger partial charge in [-0.2, -0.15) is 0 Å². The standard InChI is InChI=1S/C23H31N3O5S/c1-17-7-9-19(10-8-17)32(29,30)24-15-20-22(23(28)21(16-27)31-20)26-13-11-25(12-14-26)18-5-3-2-4-6-18/h2-10,20-24,27-28H,11-16H2,1H3/t20-,21+,22+,23-/m1/s1. The zero-order valence-electron chi connectivity index (χ0n) is 18.2. The number of rotatable bonds is 7. The van der Waals surface area contributed by atoms with E-state index in [1.54, 1.807) is 24.3 Å². The lowest BCUT2D eigenvalue weighted by molar-refractivity contribution is -0.0201. The number of aryl methyl sites for hydroxylation is 1. The van der Waals surface area contributed by atoms with Gasteiger partial charge >= 0.3 is 0 Å². The van der Waals surface area contributed by atoms with Crippen molar-refractivity contribution < 1.29 is 23.4 Å². The van der Waals surface area contributed by atoms with E-state index in [1.165, 1.54) is 0 Å². The Bertz CT molecular complexity index is 978. The average molecular weight is 462 g/mol. The van der Waals surface area contributed by atoms with Crippen LogP contribution in [0.15, 0.2) is 59.5 Å². The van der Waals surface area contributed by atoms with E-state index in [0.717, 1.165) is 24.3 Å². The lowest BCUT2D eigenvalue weighted by Crippen LogP contribution is -2.57. The second-order valence-corrected chi connectivity index (χ2v) is 10.2. The van der Waals surface area contributed by atoms with Crippen LogP contribution < -0.4 is 9.62 Å². The maximum atomic E-state index is 12.7. The number of aliphatic hydroxyl groups excluding tert-OH is 2. The second-order valence-electron chi connectivity index (χ2n) is 8.40. The number of ether oxygens (including phenoxy) is 1. The molecule has 2 saturated heterocycles. The van der Waals surface area contributed by atoms with Crippen LogP contribution in [0.1, 0.15) is 5.56 Å². The summed E-state index contributed by atoms with van der Waals surface area (Å²) in [5, 5.41) is 20.5. The fourth-order valence-corrected chi connectivity index (χ4v) is 5.55. The van der Waals surface area contributed by atoms with Crippen LogP contribution in [0.5, 0.6) is 0 Å². The molecule has 9 heteroatoms. The highest BCUT2D eigenvalue weighted by Gasteiger charge is 2.47. The quantitative estimate of drug-likeness (QED) is 0.555. The first-order valence-corrected chi connectivity index (χ1v) is 12.4. The molecule has 32 heavy (non-hydrogen) atoms. The summed E-state index contributed by atoms with van der Waals surface area (Å²) in [5.74, 6) is 0. The normalized spacial score (nSPS) is 27.0. The third kappa shape index (κ3) is 4.98. The van der Waals surface area contributed by atoms with Gasteiger partial charge in [-0.1, -0.05) is 35.9 Å². The van der Waals surface area contributed by atoms with Crippen molar-refractivity contribution in [2.24, 2.45) is 0 Å². The number of nitrogens with zero attached hydrogens (tertiary/aromatic N) is 2. The van der Waals surface area contributed by atoms with Gasteiger partial charge < -0.3 is 19.8 Å². The summed E-state index contributed by atoms with van der Waals surface area (Å²) in [6.07, 6.45) is -2.19. The third-order valence-electron chi connectivity index (χ3n) is 6.30. The first kappa shape index (κ1) is 23.2. The van der Waals surface area contributed by atoms with Crippen molar-refractivity contribution in [3.63, 3.8) is 0 Å². The summed E-state index contributed by atoms with van der Waals surface area (Å²) in [4.78, 5) is 4.62. The molecule has 4 rings (SSSR count). The predicted molar refractivity (Wildman–Crippen MR) is 122 cm³/mol. The van der Waals surface area contributed by atoms with Crippen molar-refractivity contribution in [2.45, 2.75) is 36.2 Å². The van der Waals surface area contributed by atoms with Gasteiger partial charge in [-0.3, -0.25) is 4.90 Å². The Morgan fingerprint density at radius 3 is 2.28 bits per heavy atom. The van der Waals surface area contributed by atoms with Gasteiger partial charge in [0.1, 0.15) is 12.2 Å². The lowest BCUT2D eigenvalue weighted by Gasteiger charge is -2.41. The second kappa shape index (κ2) is 9.86. The van der Waals surface area contributed by atoms with Crippen molar-refractivity contribution in [3.8, 4) is 0 Å². The highest BCUT2D eigenvalue weighted by molar-refractivity contribution is 7.89. The van der Waals surface area contributed by atoms with Crippen molar-refractivity contribution >= 4 is 15.7 Å². The van der Waals surface area contributed by atoms with E-state index in [-0.39, 0.29) is 18.0 Å². The first-order chi connectivity index (χ1) is 15.4. The molecule has 2 aliphatic rings. The molecule has 2 aromatic rings. The van der Waals surface area contributed by atoms with Gasteiger partial charge in [-0.05, 0) is 31.2 Å². The molecule has 8 nitrogen and oxygen atoms in total. The first-order valence-electron chi connectivity index (χ1n) is 10.9. The highest BCUT2D eigenvalue weighted by Crippen LogP contribution is 2.28. The molecular weight excluding hydrogens is 430 g/mol. The lowest BCUT2D eigenvalue weighted by atomic mass is 10.0. The van der Waals surface area contributed by atoms with Crippen LogP contribution in [-0.2, 0) is 14.8 Å². The number of hydrogen-bond donors (Lipinski definition) is 3. The molecule has 2 aliphatic heterocycles. The van der Waals surface area contributed by atoms with E-state index >= 15 is 0 Å². The van der Waals surface area contributed by atoms with Gasteiger partial charge in [-0.15, -0.1) is 0 Å². The Morgan fingerprint density at radius 1 is 1.00 bits per heavy atom. The summed E-state index contributed by atoms with van der Waals surface area (Å²) in [7, 11) is -3.71. The maximum absolute atomic E-state index is 12.7. The summed E-state index contributed by atoms with van der Waals surface area (Å²) in [5.41, 5.74) is 2.14. The minimum absolute atomic E-state index is 0.0212. The van der Waals surface area contributed by atoms with Crippen LogP contribution in [0.4, 0.5) is 5.69 Å². The molecule has 0 amide bonds. The van der Waals surface area contributed by atoms with Gasteiger partial charge in [0.15, 0.2) is 0 Å². The summed E-state index contributed by atoms with van der Waals surface area (Å²) in [6.45, 7) is 4.60. The predicted octanol–water partition coefficient (Wildman–Crippen LogP) is 0.585. The molecule has 0 unspecified atom stereocenters. The third-order valence-corrected chi connectivity index (χ3v) is 7.74. The Morgan fingerprint density at radius 2 is 1.66 bits per heavy atom. The zero-order chi connectivity index (χ0) is 22.7. The van der Waals surface area contributed by atoms with Crippen molar-refractivity contribution in [2.75, 3.05) is 44.2 Å². The smallest absolute Gasteiger partial charge is 0.240 e. The van der Waals surface area contributed by atoms with Gasteiger partial charge in [-0.25, -0.2) is 13.1 Å². The number of piperazine rings is 1. The average Bonchev–Trinajstić information content (AvgIpc) is 3.14. The molecule has 2 heterocycles. The topological polar surface area (TPSA) is 102 Å². The number of para-hydroxylation sites is 1. The Kier molecular flexibility index (Phi) is 7.14. The molecule has 3 N–H and O–H groups in total. The van der Waals surface area contributed by atoms with E-state index in [9.17, 15) is 18.6 Å². The SMILES string of the molecule is Cc1ccc(S(=O)(=O)NC[C@H]2O[C@@H](CO)[C@@H](O)[C@H]2N2CCN(c3ccccc3)CC2)cc1. The van der Waals surface area contributed by atoms with Gasteiger partial charge in [0, 0.05) is 38.4 Å². The van der Waals surface area contributed by atoms with Crippen LogP contribution in [0.25, 0.3) is 0 Å². The van der Waals surface area contributed by atoms with Gasteiger partial charge in [0.25, 0.3) is 0 Å². The molecule has 2 aromatic carbocycles. The highest BCUT2D eigenvalue weighted by atomic mass is 32.2. The number of aliphatic hydroxyl groups is 2. The monoisotopic (exact) mass is 461 g/mol. The zero-order valence-corrected chi connectivity index (χ0v) is 19.0. The number of hydrogen-bond acceptors (Lipinski definition) is 7. The van der Waals surface area contributed by atoms with Crippen molar-refractivity contribution in [1.82, 2.24) is 9.62 Å². The largest absolute Gasteiger partial charge is 0.394 e. The molecule has 4 atom stereocenters. The number of anilines is 1. The number of benzene rings is 2. The van der Waals surface area contributed by atoms with Crippen LogP contribution in [-0.4, -0.2) is 87.2 Å². The van der Waals surface area contributed by atoms with Crippen LogP contribution >= 0.6 is 0 Å².